The van der Waals surface area contributed by atoms with E-state index in [-0.39, 0.29) is 5.57 Å². The maximum absolute atomic E-state index is 13.8. The summed E-state index contributed by atoms with van der Waals surface area (Å²) < 4.78 is 286. The molecule has 26 heteroatoms. The maximum atomic E-state index is 13.8. The van der Waals surface area contributed by atoms with Crippen LogP contribution >= 0.6 is 0 Å². The summed E-state index contributed by atoms with van der Waals surface area (Å²) >= 11 is 0. The Bertz CT molecular complexity index is 1100. The first-order valence-electron chi connectivity index (χ1n) is 10.2. The molecule has 1 amide bonds. The van der Waals surface area contributed by atoms with Crippen LogP contribution in [0.2, 0.25) is 0 Å². The Labute approximate surface area is 228 Å². The number of ether oxygens (including phenoxy) is 2. The van der Waals surface area contributed by atoms with Crippen molar-refractivity contribution >= 4 is 12.1 Å². The first-order valence-corrected chi connectivity index (χ1v) is 10.2. The van der Waals surface area contributed by atoms with E-state index in [9.17, 15) is 102 Å². The van der Waals surface area contributed by atoms with Gasteiger partial charge in [0.05, 0.1) is 6.54 Å². The molecule has 5 nitrogen and oxygen atoms in total. The summed E-state index contributed by atoms with van der Waals surface area (Å²) in [5.41, 5.74) is -0.341. The van der Waals surface area contributed by atoms with Crippen LogP contribution in [0.25, 0.3) is 0 Å². The number of amides is 1. The second-order valence-electron chi connectivity index (χ2n) is 8.38. The summed E-state index contributed by atoms with van der Waals surface area (Å²) in [5, 5.41) is 0.935. The molecule has 0 saturated carbocycles. The predicted octanol–water partition coefficient (Wildman–Crippen LogP) is 7.46. The molecular weight excluding hydrogens is 693 g/mol. The lowest BCUT2D eigenvalue weighted by atomic mass is 9.87. The van der Waals surface area contributed by atoms with Crippen LogP contribution in [0.15, 0.2) is 12.2 Å². The number of carbonyl (C=O) groups excluding carboxylic acids is 2. The Morgan fingerprint density at radius 2 is 0.886 bits per heavy atom. The summed E-state index contributed by atoms with van der Waals surface area (Å²) in [6, 6.07) is 0. The van der Waals surface area contributed by atoms with Gasteiger partial charge in [-0.05, 0) is 13.8 Å². The third-order valence-corrected chi connectivity index (χ3v) is 4.89. The van der Waals surface area contributed by atoms with Crippen molar-refractivity contribution in [2.75, 3.05) is 6.54 Å². The number of hydrogen-bond acceptors (Lipinski definition) is 4. The van der Waals surface area contributed by atoms with E-state index in [1.807, 2.05) is 0 Å². The molecule has 0 radical (unpaired) electrons. The van der Waals surface area contributed by atoms with Crippen LogP contribution in [0.3, 0.4) is 0 Å². The average molecular weight is 705 g/mol. The highest BCUT2D eigenvalue weighted by atomic mass is 19.4. The Morgan fingerprint density at radius 3 is 1.18 bits per heavy atom. The highest BCUT2D eigenvalue weighted by Crippen LogP contribution is 2.66. The fraction of sp³-hybridized carbons (Fsp3) is 0.778. The Hall–Kier alpha value is -2.99. The van der Waals surface area contributed by atoms with E-state index >= 15 is 0 Å². The lowest BCUT2D eigenvalue weighted by Crippen LogP contribution is -2.77. The van der Waals surface area contributed by atoms with E-state index in [0.717, 1.165) is 19.2 Å². The van der Waals surface area contributed by atoms with E-state index in [4.69, 9.17) is 0 Å². The van der Waals surface area contributed by atoms with Crippen LogP contribution in [0, 0.1) is 0 Å². The largest absolute Gasteiger partial charge is 0.474 e. The Kier molecular flexibility index (Phi) is 10.6. The third kappa shape index (κ3) is 6.11. The molecule has 44 heavy (non-hydrogen) atoms. The van der Waals surface area contributed by atoms with Gasteiger partial charge in [0.1, 0.15) is 6.10 Å². The molecule has 0 aliphatic carbocycles. The SMILES string of the molecule is C=C(C)C(=O)OC(C)CNC(=O)OC(F)(F)C(F)(F)C(F)(F)C(F)(F)C(F)(F)C(F)(F)C(F)(F)C(F)(F)C(F)(F)C(F)(F)F. The molecule has 0 fully saturated rings. The van der Waals surface area contributed by atoms with Gasteiger partial charge in [-0.15, -0.1) is 0 Å². The Balaban J connectivity index is 6.56. The van der Waals surface area contributed by atoms with Gasteiger partial charge in [0.2, 0.25) is 0 Å². The van der Waals surface area contributed by atoms with Gasteiger partial charge in [0.25, 0.3) is 0 Å². The van der Waals surface area contributed by atoms with Crippen molar-refractivity contribution in [2.45, 2.75) is 79.6 Å². The van der Waals surface area contributed by atoms with Gasteiger partial charge in [0.15, 0.2) is 0 Å². The molecule has 0 saturated heterocycles. The number of rotatable bonds is 13. The summed E-state index contributed by atoms with van der Waals surface area (Å²) in [7, 11) is 0. The number of halogens is 21. The van der Waals surface area contributed by atoms with Gasteiger partial charge >= 0.3 is 71.7 Å². The standard InChI is InChI=1S/C18H12F21NO4/c1-5(2)7(41)43-6(3)4-40-8(42)44-18(38,39)16(33,34)14(29,30)12(25,26)10(21,22)9(19,20)11(23,24)13(27,28)15(31,32)17(35,36)37/h6H,1,4H2,2-3H3,(H,40,42). The normalized spacial score (nSPS) is 15.9. The van der Waals surface area contributed by atoms with Gasteiger partial charge in [-0.1, -0.05) is 6.58 Å². The number of alkyl halides is 21. The topological polar surface area (TPSA) is 64.6 Å². The van der Waals surface area contributed by atoms with Gasteiger partial charge in [-0.3, -0.25) is 0 Å². The van der Waals surface area contributed by atoms with Crippen LogP contribution in [0.1, 0.15) is 13.8 Å². The van der Waals surface area contributed by atoms with Crippen molar-refractivity contribution in [2.24, 2.45) is 0 Å². The minimum absolute atomic E-state index is 0.341. The van der Waals surface area contributed by atoms with E-state index in [1.54, 1.807) is 0 Å². The molecule has 0 aromatic heterocycles. The third-order valence-electron chi connectivity index (χ3n) is 4.89. The molecule has 0 rings (SSSR count). The van der Waals surface area contributed by atoms with Crippen molar-refractivity contribution in [1.29, 1.82) is 0 Å². The minimum Gasteiger partial charge on any atom is -0.457 e. The van der Waals surface area contributed by atoms with E-state index in [0.29, 0.717) is 0 Å². The van der Waals surface area contributed by atoms with Crippen molar-refractivity contribution in [3.05, 3.63) is 12.2 Å². The zero-order chi connectivity index (χ0) is 36.1. The zero-order valence-corrected chi connectivity index (χ0v) is 20.6. The number of hydrogen-bond donors (Lipinski definition) is 1. The molecular formula is C18H12F21NO4. The quantitative estimate of drug-likeness (QED) is 0.123. The molecule has 1 N–H and O–H groups in total. The first-order chi connectivity index (χ1) is 18.9. The smallest absolute Gasteiger partial charge is 0.457 e. The van der Waals surface area contributed by atoms with Gasteiger partial charge < -0.3 is 14.8 Å². The second-order valence-corrected chi connectivity index (χ2v) is 8.38. The highest BCUT2D eigenvalue weighted by Gasteiger charge is 2.98. The number of alkyl carbamates (subject to hydrolysis) is 1. The molecule has 0 bridgehead atoms. The van der Waals surface area contributed by atoms with Crippen molar-refractivity contribution in [3.8, 4) is 0 Å². The molecule has 0 aliphatic heterocycles. The molecule has 0 aromatic carbocycles. The Morgan fingerprint density at radius 1 is 0.591 bits per heavy atom. The van der Waals surface area contributed by atoms with Crippen molar-refractivity contribution < 1.29 is 111 Å². The van der Waals surface area contributed by atoms with E-state index < -0.39 is 84.4 Å². The number of esters is 1. The lowest BCUT2D eigenvalue weighted by molar-refractivity contribution is -0.481. The maximum Gasteiger partial charge on any atom is 0.474 e. The highest BCUT2D eigenvalue weighted by molar-refractivity contribution is 5.87. The van der Waals surface area contributed by atoms with E-state index in [2.05, 4.69) is 16.1 Å². The molecule has 0 aromatic rings. The second kappa shape index (κ2) is 11.4. The molecule has 0 aliphatic rings. The minimum atomic E-state index is -9.32. The van der Waals surface area contributed by atoms with Crippen LogP contribution in [0.4, 0.5) is 97.0 Å². The summed E-state index contributed by atoms with van der Waals surface area (Å²) in [5.74, 6) is -73.1. The van der Waals surface area contributed by atoms with Crippen LogP contribution in [-0.2, 0) is 14.3 Å². The summed E-state index contributed by atoms with van der Waals surface area (Å²) in [4.78, 5) is 22.4. The monoisotopic (exact) mass is 705 g/mol. The van der Waals surface area contributed by atoms with Crippen LogP contribution < -0.4 is 5.32 Å². The van der Waals surface area contributed by atoms with Crippen molar-refractivity contribution in [3.63, 3.8) is 0 Å². The molecule has 260 valence electrons. The predicted molar refractivity (Wildman–Crippen MR) is 95.4 cm³/mol. The molecule has 0 heterocycles. The number of carbonyl (C=O) groups is 2. The first kappa shape index (κ1) is 41.0. The van der Waals surface area contributed by atoms with Crippen LogP contribution in [0.5, 0.6) is 0 Å². The molecule has 1 unspecified atom stereocenters. The molecule has 1 atom stereocenters. The van der Waals surface area contributed by atoms with Gasteiger partial charge in [-0.2, -0.15) is 92.2 Å². The average Bonchev–Trinajstić information content (AvgIpc) is 2.80. The van der Waals surface area contributed by atoms with Gasteiger partial charge in [0, 0.05) is 5.57 Å². The fourth-order valence-corrected chi connectivity index (χ4v) is 2.31. The summed E-state index contributed by atoms with van der Waals surface area (Å²) in [6.07, 6.45) is -20.4. The lowest BCUT2D eigenvalue weighted by Gasteiger charge is -2.44. The zero-order valence-electron chi connectivity index (χ0n) is 20.6. The van der Waals surface area contributed by atoms with Crippen molar-refractivity contribution in [1.82, 2.24) is 5.32 Å². The number of nitrogens with one attached hydrogen (secondary N) is 1. The molecule has 0 spiro atoms. The fourth-order valence-electron chi connectivity index (χ4n) is 2.31. The van der Waals surface area contributed by atoms with Crippen LogP contribution in [-0.4, -0.2) is 84.4 Å². The van der Waals surface area contributed by atoms with E-state index in [1.165, 1.54) is 0 Å². The summed E-state index contributed by atoms with van der Waals surface area (Å²) in [6.45, 7) is 3.59. The van der Waals surface area contributed by atoms with Gasteiger partial charge in [-0.25, -0.2) is 9.59 Å².